The number of H-pyrrole nitrogens is 1. The van der Waals surface area contributed by atoms with E-state index in [1.807, 2.05) is 30.3 Å². The van der Waals surface area contributed by atoms with E-state index in [0.717, 1.165) is 24.2 Å². The van der Waals surface area contributed by atoms with Crippen molar-refractivity contribution in [1.29, 1.82) is 0 Å². The Morgan fingerprint density at radius 2 is 1.92 bits per heavy atom. The van der Waals surface area contributed by atoms with Crippen LogP contribution in [0.2, 0.25) is 0 Å². The predicted molar refractivity (Wildman–Crippen MR) is 95.6 cm³/mol. The molecule has 26 heavy (non-hydrogen) atoms. The normalized spacial score (nSPS) is 15.0. The van der Waals surface area contributed by atoms with Gasteiger partial charge in [-0.3, -0.25) is 10.1 Å². The lowest BCUT2D eigenvalue weighted by molar-refractivity contribution is 0.138. The molecule has 0 unspecified atom stereocenters. The van der Waals surface area contributed by atoms with Crippen LogP contribution in [0.15, 0.2) is 54.9 Å². The second-order valence-electron chi connectivity index (χ2n) is 6.23. The van der Waals surface area contributed by atoms with E-state index in [0.29, 0.717) is 24.7 Å². The third kappa shape index (κ3) is 3.56. The van der Waals surface area contributed by atoms with E-state index >= 15 is 0 Å². The largest absolute Gasteiger partial charge is 0.415 e. The lowest BCUT2D eigenvalue weighted by Gasteiger charge is -2.30. The SMILES string of the molecule is O=C(Oc1cccnc1)N1CCC(c2nc(-c3ccccc3)n[nH]2)CC1. The van der Waals surface area contributed by atoms with Crippen molar-refractivity contribution < 1.29 is 9.53 Å². The number of nitrogens with one attached hydrogen (secondary N) is 1. The van der Waals surface area contributed by atoms with Crippen LogP contribution < -0.4 is 4.74 Å². The number of pyridine rings is 1. The number of aromatic nitrogens is 4. The number of carbonyl (C=O) groups excluding carboxylic acids is 1. The molecule has 0 saturated carbocycles. The van der Waals surface area contributed by atoms with Gasteiger partial charge in [-0.25, -0.2) is 9.78 Å². The Morgan fingerprint density at radius 1 is 1.12 bits per heavy atom. The lowest BCUT2D eigenvalue weighted by Crippen LogP contribution is -2.39. The van der Waals surface area contributed by atoms with Crippen LogP contribution in [-0.2, 0) is 0 Å². The number of ether oxygens (including phenoxy) is 1. The van der Waals surface area contributed by atoms with Crippen molar-refractivity contribution in [2.45, 2.75) is 18.8 Å². The summed E-state index contributed by atoms with van der Waals surface area (Å²) < 4.78 is 5.35. The molecule has 1 amide bonds. The molecule has 0 aliphatic carbocycles. The highest BCUT2D eigenvalue weighted by Gasteiger charge is 2.27. The third-order valence-electron chi connectivity index (χ3n) is 4.51. The third-order valence-corrected chi connectivity index (χ3v) is 4.51. The first-order valence-electron chi connectivity index (χ1n) is 8.64. The summed E-state index contributed by atoms with van der Waals surface area (Å²) in [4.78, 5) is 22.5. The molecule has 1 fully saturated rings. The number of hydrogen-bond donors (Lipinski definition) is 1. The van der Waals surface area contributed by atoms with E-state index in [2.05, 4.69) is 20.2 Å². The van der Waals surface area contributed by atoms with Gasteiger partial charge in [0.1, 0.15) is 5.82 Å². The standard InChI is InChI=1S/C19H19N5O2/c25-19(26-16-7-4-10-20-13-16)24-11-8-15(9-12-24)18-21-17(22-23-18)14-5-2-1-3-6-14/h1-7,10,13,15H,8-9,11-12H2,(H,21,22,23). The Hall–Kier alpha value is -3.22. The molecule has 0 bridgehead atoms. The molecule has 0 spiro atoms. The number of amides is 1. The molecule has 0 atom stereocenters. The maximum atomic E-state index is 12.2. The molecule has 1 aliphatic rings. The minimum absolute atomic E-state index is 0.266. The highest BCUT2D eigenvalue weighted by atomic mass is 16.6. The molecular weight excluding hydrogens is 330 g/mol. The van der Waals surface area contributed by atoms with Crippen molar-refractivity contribution in [1.82, 2.24) is 25.1 Å². The van der Waals surface area contributed by atoms with E-state index in [1.165, 1.54) is 6.20 Å². The van der Waals surface area contributed by atoms with Crippen molar-refractivity contribution in [2.24, 2.45) is 0 Å². The minimum Gasteiger partial charge on any atom is -0.409 e. The van der Waals surface area contributed by atoms with Crippen LogP contribution in [0.5, 0.6) is 5.75 Å². The molecule has 1 saturated heterocycles. The molecular formula is C19H19N5O2. The second kappa shape index (κ2) is 7.35. The second-order valence-corrected chi connectivity index (χ2v) is 6.23. The van der Waals surface area contributed by atoms with Crippen LogP contribution in [-0.4, -0.2) is 44.2 Å². The Morgan fingerprint density at radius 3 is 2.65 bits per heavy atom. The molecule has 1 aromatic carbocycles. The molecule has 4 rings (SSSR count). The van der Waals surface area contributed by atoms with Crippen molar-refractivity contribution in [3.63, 3.8) is 0 Å². The first kappa shape index (κ1) is 16.3. The summed E-state index contributed by atoms with van der Waals surface area (Å²) in [7, 11) is 0. The van der Waals surface area contributed by atoms with Crippen molar-refractivity contribution in [3.8, 4) is 17.1 Å². The fourth-order valence-corrected chi connectivity index (χ4v) is 3.08. The Labute approximate surface area is 151 Å². The highest BCUT2D eigenvalue weighted by Crippen LogP contribution is 2.27. The number of benzene rings is 1. The Kier molecular flexibility index (Phi) is 4.59. The number of likely N-dealkylation sites (tertiary alicyclic amines) is 1. The summed E-state index contributed by atoms with van der Waals surface area (Å²) in [6.45, 7) is 1.26. The van der Waals surface area contributed by atoms with Gasteiger partial charge in [-0.2, -0.15) is 5.10 Å². The Balaban J connectivity index is 1.35. The molecule has 0 radical (unpaired) electrons. The van der Waals surface area contributed by atoms with Crippen LogP contribution in [0.25, 0.3) is 11.4 Å². The maximum absolute atomic E-state index is 12.2. The van der Waals surface area contributed by atoms with Gasteiger partial charge in [0.25, 0.3) is 0 Å². The van der Waals surface area contributed by atoms with Gasteiger partial charge in [0.15, 0.2) is 11.6 Å². The highest BCUT2D eigenvalue weighted by molar-refractivity contribution is 5.70. The van der Waals surface area contributed by atoms with E-state index in [-0.39, 0.29) is 12.0 Å². The zero-order valence-electron chi connectivity index (χ0n) is 14.2. The predicted octanol–water partition coefficient (Wildman–Crippen LogP) is 3.25. The molecule has 7 heteroatoms. The fraction of sp³-hybridized carbons (Fsp3) is 0.263. The van der Waals surface area contributed by atoms with Crippen molar-refractivity contribution >= 4 is 6.09 Å². The zero-order valence-corrected chi connectivity index (χ0v) is 14.2. The Bertz CT molecular complexity index is 858. The molecule has 132 valence electrons. The zero-order chi connectivity index (χ0) is 17.8. The number of carbonyl (C=O) groups is 1. The molecule has 2 aromatic heterocycles. The van der Waals surface area contributed by atoms with Crippen LogP contribution in [0.1, 0.15) is 24.6 Å². The summed E-state index contributed by atoms with van der Waals surface area (Å²) in [5.74, 6) is 2.31. The maximum Gasteiger partial charge on any atom is 0.415 e. The summed E-state index contributed by atoms with van der Waals surface area (Å²) in [5, 5.41) is 7.38. The summed E-state index contributed by atoms with van der Waals surface area (Å²) in [6, 6.07) is 13.3. The van der Waals surface area contributed by atoms with Gasteiger partial charge in [0.05, 0.1) is 6.20 Å². The number of aromatic amines is 1. The number of hydrogen-bond acceptors (Lipinski definition) is 5. The van der Waals surface area contributed by atoms with Gasteiger partial charge in [0.2, 0.25) is 0 Å². The van der Waals surface area contributed by atoms with Gasteiger partial charge < -0.3 is 9.64 Å². The molecule has 7 nitrogen and oxygen atoms in total. The van der Waals surface area contributed by atoms with Gasteiger partial charge in [0, 0.05) is 30.8 Å². The average Bonchev–Trinajstić information content (AvgIpc) is 3.20. The van der Waals surface area contributed by atoms with E-state index in [4.69, 9.17) is 4.74 Å². The van der Waals surface area contributed by atoms with E-state index < -0.39 is 0 Å². The number of nitrogens with zero attached hydrogens (tertiary/aromatic N) is 4. The lowest BCUT2D eigenvalue weighted by atomic mass is 9.96. The summed E-state index contributed by atoms with van der Waals surface area (Å²) in [6.07, 6.45) is 4.49. The minimum atomic E-state index is -0.334. The van der Waals surface area contributed by atoms with Crippen LogP contribution in [0.4, 0.5) is 4.79 Å². The quantitative estimate of drug-likeness (QED) is 0.785. The van der Waals surface area contributed by atoms with Gasteiger partial charge in [-0.15, -0.1) is 0 Å². The van der Waals surface area contributed by atoms with Crippen molar-refractivity contribution in [3.05, 3.63) is 60.7 Å². The average molecular weight is 349 g/mol. The molecule has 3 heterocycles. The molecule has 3 aromatic rings. The molecule has 1 N–H and O–H groups in total. The smallest absolute Gasteiger partial charge is 0.409 e. The monoisotopic (exact) mass is 349 g/mol. The summed E-state index contributed by atoms with van der Waals surface area (Å²) in [5.41, 5.74) is 0.993. The number of rotatable bonds is 3. The summed E-state index contributed by atoms with van der Waals surface area (Å²) >= 11 is 0. The van der Waals surface area contributed by atoms with Crippen LogP contribution in [0.3, 0.4) is 0 Å². The van der Waals surface area contributed by atoms with Crippen molar-refractivity contribution in [2.75, 3.05) is 13.1 Å². The van der Waals surface area contributed by atoms with Gasteiger partial charge in [-0.05, 0) is 25.0 Å². The van der Waals surface area contributed by atoms with E-state index in [1.54, 1.807) is 23.2 Å². The first-order chi connectivity index (χ1) is 12.8. The van der Waals surface area contributed by atoms with Crippen LogP contribution in [0, 0.1) is 0 Å². The fourth-order valence-electron chi connectivity index (χ4n) is 3.08. The molecule has 1 aliphatic heterocycles. The number of piperidine rings is 1. The first-order valence-corrected chi connectivity index (χ1v) is 8.64. The van der Waals surface area contributed by atoms with Gasteiger partial charge in [-0.1, -0.05) is 30.3 Å². The van der Waals surface area contributed by atoms with Crippen LogP contribution >= 0.6 is 0 Å². The topological polar surface area (TPSA) is 84.0 Å². The van der Waals surface area contributed by atoms with Gasteiger partial charge >= 0.3 is 6.09 Å². The van der Waals surface area contributed by atoms with E-state index in [9.17, 15) is 4.79 Å².